The van der Waals surface area contributed by atoms with Gasteiger partial charge in [-0.3, -0.25) is 13.8 Å². The summed E-state index contributed by atoms with van der Waals surface area (Å²) in [5.41, 5.74) is 0. The van der Waals surface area contributed by atoms with Crippen molar-refractivity contribution in [1.82, 2.24) is 0 Å². The van der Waals surface area contributed by atoms with Crippen LogP contribution in [0.3, 0.4) is 0 Å². The largest absolute Gasteiger partial charge is 0.472 e. The first-order chi connectivity index (χ1) is 31.3. The molecule has 0 aromatic heterocycles. The van der Waals surface area contributed by atoms with E-state index in [9.17, 15) is 19.4 Å². The predicted molar refractivity (Wildman–Crippen MR) is 270 cm³/mol. The first kappa shape index (κ1) is 62.9. The number of phosphoric ester groups is 1. The number of hydrogen-bond acceptors (Lipinski definition) is 8. The molecule has 0 radical (unpaired) electrons. The number of rotatable bonds is 53. The van der Waals surface area contributed by atoms with Crippen molar-refractivity contribution in [3.05, 3.63) is 24.3 Å². The second kappa shape index (κ2) is 51.3. The van der Waals surface area contributed by atoms with Gasteiger partial charge in [-0.1, -0.05) is 244 Å². The maximum absolute atomic E-state index is 12.7. The van der Waals surface area contributed by atoms with E-state index in [1.807, 2.05) is 0 Å². The van der Waals surface area contributed by atoms with Gasteiger partial charge in [0.15, 0.2) is 0 Å². The summed E-state index contributed by atoms with van der Waals surface area (Å²) < 4.78 is 33.6. The Morgan fingerprint density at radius 3 is 1.25 bits per heavy atom. The minimum Gasteiger partial charge on any atom is -0.457 e. The third-order valence-electron chi connectivity index (χ3n) is 12.1. The average molecular weight is 929 g/mol. The predicted octanol–water partition coefficient (Wildman–Crippen LogP) is 16.2. The number of aliphatic hydroxyl groups is 2. The Morgan fingerprint density at radius 1 is 0.484 bits per heavy atom. The van der Waals surface area contributed by atoms with Gasteiger partial charge in [-0.05, 0) is 44.9 Å². The molecule has 0 aliphatic rings. The standard InChI is InChI=1S/C54H105O9P/c1-3-5-7-9-11-13-15-17-19-21-23-25-26-27-28-30-32-34-36-38-40-42-44-46-54(57)63-53(51-62-64(58,59)61-49-52(56)48-55)50-60-47-45-43-41-39-37-35-33-31-29-24-22-20-18-16-14-12-10-8-6-4-2/h15,17,21,23,52-53,55-56H,3-14,16,18-20,22,24-51H2,1-2H3,(H,58,59)/b17-15-,23-21-. The first-order valence-corrected chi connectivity index (χ1v) is 28.8. The van der Waals surface area contributed by atoms with Gasteiger partial charge in [0.25, 0.3) is 0 Å². The molecule has 0 aromatic carbocycles. The van der Waals surface area contributed by atoms with Crippen LogP contribution in [0, 0.1) is 0 Å². The van der Waals surface area contributed by atoms with Gasteiger partial charge in [0.05, 0.1) is 26.4 Å². The van der Waals surface area contributed by atoms with Crippen LogP contribution in [0.2, 0.25) is 0 Å². The maximum atomic E-state index is 12.7. The van der Waals surface area contributed by atoms with Crippen LogP contribution in [0.5, 0.6) is 0 Å². The summed E-state index contributed by atoms with van der Waals surface area (Å²) in [6.07, 6.45) is 57.2. The number of allylic oxidation sites excluding steroid dienone is 4. The molecule has 0 aliphatic heterocycles. The molecule has 3 atom stereocenters. The van der Waals surface area contributed by atoms with Gasteiger partial charge >= 0.3 is 13.8 Å². The van der Waals surface area contributed by atoms with Crippen LogP contribution in [0.25, 0.3) is 0 Å². The zero-order chi connectivity index (χ0) is 46.7. The Hall–Kier alpha value is -1.06. The number of carbonyl (C=O) groups excluding carboxylic acids is 1. The molecule has 0 amide bonds. The number of unbranched alkanes of at least 4 members (excludes halogenated alkanes) is 35. The molecular weight excluding hydrogens is 824 g/mol. The lowest BCUT2D eigenvalue weighted by molar-refractivity contribution is -0.154. The summed E-state index contributed by atoms with van der Waals surface area (Å²) in [6.45, 7) is 3.58. The summed E-state index contributed by atoms with van der Waals surface area (Å²) in [7, 11) is -4.52. The van der Waals surface area contributed by atoms with E-state index in [0.29, 0.717) is 6.61 Å². The maximum Gasteiger partial charge on any atom is 0.472 e. The molecule has 0 bridgehead atoms. The second-order valence-corrected chi connectivity index (χ2v) is 20.1. The highest BCUT2D eigenvalue weighted by molar-refractivity contribution is 7.47. The van der Waals surface area contributed by atoms with Gasteiger partial charge in [0.1, 0.15) is 12.2 Å². The SMILES string of the molecule is CCCCCCC/C=C\C/C=C\CCCCCCCCCCCCCC(=O)OC(COCCCCCCCCCCCCCCCCCCCCCC)COP(=O)(O)OCC(O)CO. The second-order valence-electron chi connectivity index (χ2n) is 18.6. The highest BCUT2D eigenvalue weighted by atomic mass is 31.2. The van der Waals surface area contributed by atoms with E-state index in [2.05, 4.69) is 38.2 Å². The molecule has 0 saturated carbocycles. The van der Waals surface area contributed by atoms with Crippen molar-refractivity contribution < 1.29 is 43.0 Å². The highest BCUT2D eigenvalue weighted by Gasteiger charge is 2.26. The lowest BCUT2D eigenvalue weighted by Gasteiger charge is -2.20. The fourth-order valence-corrected chi connectivity index (χ4v) is 8.77. The van der Waals surface area contributed by atoms with E-state index in [4.69, 9.17) is 23.6 Å². The molecule has 10 heteroatoms. The molecule has 0 spiro atoms. The Bertz CT molecular complexity index is 1050. The minimum atomic E-state index is -4.52. The van der Waals surface area contributed by atoms with E-state index >= 15 is 0 Å². The summed E-state index contributed by atoms with van der Waals surface area (Å²) in [6, 6.07) is 0. The fourth-order valence-electron chi connectivity index (χ4n) is 7.98. The van der Waals surface area contributed by atoms with Crippen LogP contribution in [0.4, 0.5) is 0 Å². The number of hydrogen-bond donors (Lipinski definition) is 3. The summed E-state index contributed by atoms with van der Waals surface area (Å²) in [5.74, 6) is -0.378. The Labute approximate surface area is 395 Å². The third-order valence-corrected chi connectivity index (χ3v) is 13.1. The van der Waals surface area contributed by atoms with Crippen LogP contribution in [0.1, 0.15) is 271 Å². The number of aliphatic hydroxyl groups excluding tert-OH is 2. The third kappa shape index (κ3) is 50.4. The normalized spacial score (nSPS) is 13.9. The highest BCUT2D eigenvalue weighted by Crippen LogP contribution is 2.43. The number of ether oxygens (including phenoxy) is 2. The van der Waals surface area contributed by atoms with Gasteiger partial charge in [-0.15, -0.1) is 0 Å². The summed E-state index contributed by atoms with van der Waals surface area (Å²) in [4.78, 5) is 22.7. The Morgan fingerprint density at radius 2 is 0.844 bits per heavy atom. The lowest BCUT2D eigenvalue weighted by Crippen LogP contribution is -2.29. The van der Waals surface area contributed by atoms with E-state index < -0.39 is 33.2 Å². The molecule has 380 valence electrons. The van der Waals surface area contributed by atoms with E-state index in [0.717, 1.165) is 38.5 Å². The monoisotopic (exact) mass is 929 g/mol. The van der Waals surface area contributed by atoms with Crippen LogP contribution in [0.15, 0.2) is 24.3 Å². The lowest BCUT2D eigenvalue weighted by atomic mass is 10.0. The molecule has 3 unspecified atom stereocenters. The molecule has 0 fully saturated rings. The molecule has 0 rings (SSSR count). The minimum absolute atomic E-state index is 0.0540. The van der Waals surface area contributed by atoms with Crippen molar-refractivity contribution in [2.75, 3.05) is 33.0 Å². The van der Waals surface area contributed by atoms with Crippen molar-refractivity contribution >= 4 is 13.8 Å². The zero-order valence-electron chi connectivity index (χ0n) is 42.0. The van der Waals surface area contributed by atoms with Gasteiger partial charge in [-0.25, -0.2) is 4.57 Å². The van der Waals surface area contributed by atoms with Gasteiger partial charge in [-0.2, -0.15) is 0 Å². The summed E-state index contributed by atoms with van der Waals surface area (Å²) in [5, 5.41) is 18.4. The van der Waals surface area contributed by atoms with Crippen LogP contribution in [-0.4, -0.2) is 66.3 Å². The quantitative estimate of drug-likeness (QED) is 0.0236. The number of carbonyl (C=O) groups is 1. The molecule has 3 N–H and O–H groups in total. The van der Waals surface area contributed by atoms with E-state index in [1.165, 1.54) is 212 Å². The number of esters is 1. The van der Waals surface area contributed by atoms with Gasteiger partial charge < -0.3 is 24.6 Å². The van der Waals surface area contributed by atoms with Crippen molar-refractivity contribution in [2.45, 2.75) is 283 Å². The Kier molecular flexibility index (Phi) is 50.5. The van der Waals surface area contributed by atoms with Crippen LogP contribution >= 0.6 is 7.82 Å². The fraction of sp³-hybridized carbons (Fsp3) is 0.907. The van der Waals surface area contributed by atoms with Gasteiger partial charge in [0, 0.05) is 13.0 Å². The molecule has 0 aromatic rings. The topological polar surface area (TPSA) is 132 Å². The molecule has 0 aliphatic carbocycles. The molecule has 64 heavy (non-hydrogen) atoms. The summed E-state index contributed by atoms with van der Waals surface area (Å²) >= 11 is 0. The smallest absolute Gasteiger partial charge is 0.457 e. The average Bonchev–Trinajstić information content (AvgIpc) is 3.29. The van der Waals surface area contributed by atoms with Crippen molar-refractivity contribution in [3.8, 4) is 0 Å². The van der Waals surface area contributed by atoms with Crippen molar-refractivity contribution in [3.63, 3.8) is 0 Å². The van der Waals surface area contributed by atoms with E-state index in [-0.39, 0.29) is 25.6 Å². The van der Waals surface area contributed by atoms with Gasteiger partial charge in [0.2, 0.25) is 0 Å². The first-order valence-electron chi connectivity index (χ1n) is 27.3. The molecular formula is C54H105O9P. The van der Waals surface area contributed by atoms with Crippen LogP contribution in [-0.2, 0) is 27.9 Å². The van der Waals surface area contributed by atoms with Crippen LogP contribution < -0.4 is 0 Å². The molecule has 9 nitrogen and oxygen atoms in total. The number of phosphoric acid groups is 1. The molecule has 0 heterocycles. The zero-order valence-corrected chi connectivity index (χ0v) is 42.9. The molecule has 0 saturated heterocycles. The van der Waals surface area contributed by atoms with Crippen molar-refractivity contribution in [2.24, 2.45) is 0 Å². The van der Waals surface area contributed by atoms with Crippen molar-refractivity contribution in [1.29, 1.82) is 0 Å². The van der Waals surface area contributed by atoms with E-state index in [1.54, 1.807) is 0 Å². The Balaban J connectivity index is 4.01.